The van der Waals surface area contributed by atoms with Crippen molar-refractivity contribution in [2.75, 3.05) is 42.9 Å². The van der Waals surface area contributed by atoms with E-state index >= 15 is 0 Å². The van der Waals surface area contributed by atoms with Crippen LogP contribution in [0.1, 0.15) is 31.4 Å². The van der Waals surface area contributed by atoms with Crippen molar-refractivity contribution in [3.8, 4) is 22.0 Å². The molecule has 2 aliphatic rings. The van der Waals surface area contributed by atoms with E-state index in [1.807, 2.05) is 6.07 Å². The molecule has 2 fully saturated rings. The van der Waals surface area contributed by atoms with E-state index in [0.29, 0.717) is 21.5 Å². The van der Waals surface area contributed by atoms with Crippen LogP contribution in [0.4, 0.5) is 35.4 Å². The number of hydrogen-bond donors (Lipinski definition) is 1. The Labute approximate surface area is 260 Å². The average Bonchev–Trinajstić information content (AvgIpc) is 3.65. The second-order valence-corrected chi connectivity index (χ2v) is 12.2. The zero-order valence-electron chi connectivity index (χ0n) is 24.3. The van der Waals surface area contributed by atoms with E-state index in [1.165, 1.54) is 35.6 Å². The molecule has 1 saturated carbocycles. The largest absolute Gasteiger partial charge is 0.416 e. The van der Waals surface area contributed by atoms with Crippen molar-refractivity contribution in [3.63, 3.8) is 0 Å². The number of rotatable bonds is 8. The third kappa shape index (κ3) is 5.82. The maximum Gasteiger partial charge on any atom is 0.416 e. The Hall–Kier alpha value is -4.56. The molecule has 2 aromatic heterocycles. The standard InChI is InChI=1S/C31H29F3N8O2S/c1-2-39-13-15-40(16-14-39)26-18-27-25(35-28(41(27)22-11-12-22)19-3-7-21(8-4-19)31(32,33)34)17-24(26)36-30-38-37-29(45-30)20-5-9-23(10-6-20)42(43)44/h3-10,17-18,22H,2,11-16H2,1H3,(H,36,38). The molecule has 0 unspecified atom stereocenters. The molecule has 7 rings (SSSR count). The Balaban J connectivity index is 1.28. The van der Waals surface area contributed by atoms with E-state index in [0.717, 1.165) is 85.7 Å². The molecule has 0 bridgehead atoms. The summed E-state index contributed by atoms with van der Waals surface area (Å²) in [6.45, 7) is 6.66. The van der Waals surface area contributed by atoms with Crippen LogP contribution < -0.4 is 10.2 Å². The maximum absolute atomic E-state index is 13.3. The number of alkyl halides is 3. The summed E-state index contributed by atoms with van der Waals surface area (Å²) in [7, 11) is 0. The van der Waals surface area contributed by atoms with Crippen molar-refractivity contribution >= 4 is 44.6 Å². The van der Waals surface area contributed by atoms with E-state index in [4.69, 9.17) is 4.98 Å². The number of hydrogen-bond acceptors (Lipinski definition) is 9. The number of halogens is 3. The number of benzene rings is 3. The van der Waals surface area contributed by atoms with Gasteiger partial charge in [0.2, 0.25) is 5.13 Å². The predicted molar refractivity (Wildman–Crippen MR) is 168 cm³/mol. The van der Waals surface area contributed by atoms with Crippen molar-refractivity contribution < 1.29 is 18.1 Å². The third-order valence-electron chi connectivity index (χ3n) is 8.34. The number of non-ortho nitro benzene ring substituents is 1. The number of fused-ring (bicyclic) bond motifs is 1. The molecule has 3 aromatic carbocycles. The molecule has 0 radical (unpaired) electrons. The van der Waals surface area contributed by atoms with Crippen LogP contribution in [0.15, 0.2) is 60.7 Å². The van der Waals surface area contributed by atoms with Crippen LogP contribution in [0.3, 0.4) is 0 Å². The molecule has 0 amide bonds. The van der Waals surface area contributed by atoms with Gasteiger partial charge in [-0.25, -0.2) is 4.98 Å². The fourth-order valence-corrected chi connectivity index (χ4v) is 6.50. The minimum Gasteiger partial charge on any atom is -0.367 e. The van der Waals surface area contributed by atoms with Gasteiger partial charge in [0.15, 0.2) is 0 Å². The summed E-state index contributed by atoms with van der Waals surface area (Å²) in [6.07, 6.45) is -2.44. The summed E-state index contributed by atoms with van der Waals surface area (Å²) in [4.78, 5) is 20.3. The average molecular weight is 635 g/mol. The molecule has 14 heteroatoms. The van der Waals surface area contributed by atoms with Gasteiger partial charge in [0, 0.05) is 55.5 Å². The minimum atomic E-state index is -4.41. The first-order valence-electron chi connectivity index (χ1n) is 14.7. The molecule has 0 spiro atoms. The topological polar surface area (TPSA) is 105 Å². The molecule has 0 atom stereocenters. The maximum atomic E-state index is 13.3. The number of nitrogens with one attached hydrogen (secondary N) is 1. The van der Waals surface area contributed by atoms with Gasteiger partial charge in [-0.1, -0.05) is 30.4 Å². The van der Waals surface area contributed by atoms with Gasteiger partial charge >= 0.3 is 6.18 Å². The lowest BCUT2D eigenvalue weighted by Gasteiger charge is -2.36. The van der Waals surface area contributed by atoms with Crippen molar-refractivity contribution in [2.45, 2.75) is 32.0 Å². The van der Waals surface area contributed by atoms with Gasteiger partial charge in [-0.3, -0.25) is 10.1 Å². The fourth-order valence-electron chi connectivity index (χ4n) is 5.74. The number of imidazole rings is 1. The smallest absolute Gasteiger partial charge is 0.367 e. The molecule has 1 N–H and O–H groups in total. The van der Waals surface area contributed by atoms with Crippen molar-refractivity contribution in [1.82, 2.24) is 24.6 Å². The van der Waals surface area contributed by atoms with Crippen LogP contribution in [0.25, 0.3) is 33.0 Å². The van der Waals surface area contributed by atoms with Gasteiger partial charge in [-0.05, 0) is 55.8 Å². The summed E-state index contributed by atoms with van der Waals surface area (Å²) in [5, 5.41) is 24.3. The Morgan fingerprint density at radius 2 is 1.67 bits per heavy atom. The number of likely N-dealkylation sites (N-methyl/N-ethyl adjacent to an activating group) is 1. The number of piperazine rings is 1. The highest BCUT2D eigenvalue weighted by molar-refractivity contribution is 7.18. The van der Waals surface area contributed by atoms with Gasteiger partial charge in [0.05, 0.1) is 32.9 Å². The highest BCUT2D eigenvalue weighted by Crippen LogP contribution is 2.44. The summed E-state index contributed by atoms with van der Waals surface area (Å²) < 4.78 is 42.0. The highest BCUT2D eigenvalue weighted by Gasteiger charge is 2.32. The molecular formula is C31H29F3N8O2S. The van der Waals surface area contributed by atoms with Crippen LogP contribution >= 0.6 is 11.3 Å². The third-order valence-corrected chi connectivity index (χ3v) is 9.23. The Morgan fingerprint density at radius 1 is 0.978 bits per heavy atom. The van der Waals surface area contributed by atoms with E-state index in [-0.39, 0.29) is 11.7 Å². The quantitative estimate of drug-likeness (QED) is 0.139. The van der Waals surface area contributed by atoms with Crippen LogP contribution in [0.2, 0.25) is 0 Å². The monoisotopic (exact) mass is 634 g/mol. The first kappa shape index (κ1) is 29.2. The second-order valence-electron chi connectivity index (χ2n) is 11.2. The van der Waals surface area contributed by atoms with Crippen LogP contribution in [-0.2, 0) is 6.18 Å². The Morgan fingerprint density at radius 3 is 2.29 bits per heavy atom. The summed E-state index contributed by atoms with van der Waals surface area (Å²) >= 11 is 1.34. The molecule has 3 heterocycles. The minimum absolute atomic E-state index is 0.00373. The second kappa shape index (κ2) is 11.4. The van der Waals surface area contributed by atoms with E-state index < -0.39 is 16.7 Å². The highest BCUT2D eigenvalue weighted by atomic mass is 32.1. The molecule has 5 aromatic rings. The molecule has 45 heavy (non-hydrogen) atoms. The molecule has 10 nitrogen and oxygen atoms in total. The van der Waals surface area contributed by atoms with Crippen LogP contribution in [-0.4, -0.2) is 62.3 Å². The zero-order chi connectivity index (χ0) is 31.3. The molecular weight excluding hydrogens is 605 g/mol. The van der Waals surface area contributed by atoms with Gasteiger partial charge in [0.25, 0.3) is 5.69 Å². The molecule has 1 aliphatic heterocycles. The number of aromatic nitrogens is 4. The van der Waals surface area contributed by atoms with Gasteiger partial charge < -0.3 is 19.7 Å². The first-order chi connectivity index (χ1) is 21.7. The predicted octanol–water partition coefficient (Wildman–Crippen LogP) is 7.37. The van der Waals surface area contributed by atoms with Gasteiger partial charge in [0.1, 0.15) is 10.8 Å². The normalized spacial score (nSPS) is 16.0. The van der Waals surface area contributed by atoms with E-state index in [2.05, 4.69) is 42.9 Å². The molecule has 1 saturated heterocycles. The number of anilines is 3. The molecule has 232 valence electrons. The summed E-state index contributed by atoms with van der Waals surface area (Å²) in [6, 6.07) is 15.7. The van der Waals surface area contributed by atoms with Gasteiger partial charge in [-0.15, -0.1) is 10.2 Å². The lowest BCUT2D eigenvalue weighted by Crippen LogP contribution is -2.46. The lowest BCUT2D eigenvalue weighted by molar-refractivity contribution is -0.384. The lowest BCUT2D eigenvalue weighted by atomic mass is 10.1. The summed E-state index contributed by atoms with van der Waals surface area (Å²) in [5.74, 6) is 0.650. The van der Waals surface area contributed by atoms with Crippen LogP contribution in [0.5, 0.6) is 0 Å². The first-order valence-corrected chi connectivity index (χ1v) is 15.6. The van der Waals surface area contributed by atoms with Crippen LogP contribution in [0, 0.1) is 10.1 Å². The number of nitro benzene ring substituents is 1. The van der Waals surface area contributed by atoms with Crippen molar-refractivity contribution in [3.05, 3.63) is 76.3 Å². The van der Waals surface area contributed by atoms with Crippen molar-refractivity contribution in [1.29, 1.82) is 0 Å². The number of nitrogens with zero attached hydrogens (tertiary/aromatic N) is 7. The van der Waals surface area contributed by atoms with E-state index in [1.54, 1.807) is 12.1 Å². The Kier molecular flexibility index (Phi) is 7.40. The fraction of sp³-hybridized carbons (Fsp3) is 0.323. The number of nitro groups is 1. The van der Waals surface area contributed by atoms with Crippen molar-refractivity contribution in [2.24, 2.45) is 0 Å². The van der Waals surface area contributed by atoms with E-state index in [9.17, 15) is 23.3 Å². The SMILES string of the molecule is CCN1CCN(c2cc3c(cc2Nc2nnc(-c4ccc([N+](=O)[O-])cc4)s2)nc(-c2ccc(C(F)(F)F)cc2)n3C2CC2)CC1. The molecule has 1 aliphatic carbocycles. The Bertz CT molecular complexity index is 1860. The van der Waals surface area contributed by atoms with Gasteiger partial charge in [-0.2, -0.15) is 13.2 Å². The zero-order valence-corrected chi connectivity index (χ0v) is 25.1. The summed E-state index contributed by atoms with van der Waals surface area (Å²) in [5.41, 5.74) is 4.14.